The predicted molar refractivity (Wildman–Crippen MR) is 75.9 cm³/mol. The molecule has 1 saturated heterocycles. The van der Waals surface area contributed by atoms with Gasteiger partial charge in [-0.25, -0.2) is 4.98 Å². The van der Waals surface area contributed by atoms with Crippen molar-refractivity contribution in [2.75, 3.05) is 31.1 Å². The highest BCUT2D eigenvalue weighted by Crippen LogP contribution is 2.13. The third-order valence-electron chi connectivity index (χ3n) is 3.42. The average Bonchev–Trinajstić information content (AvgIpc) is 2.46. The van der Waals surface area contributed by atoms with Crippen LogP contribution in [0.4, 0.5) is 5.82 Å². The van der Waals surface area contributed by atoms with Crippen LogP contribution in [-0.2, 0) is 4.79 Å². The second kappa shape index (κ2) is 6.52. The van der Waals surface area contributed by atoms with Crippen LogP contribution in [0, 0.1) is 0 Å². The van der Waals surface area contributed by atoms with Gasteiger partial charge >= 0.3 is 0 Å². The Kier molecular flexibility index (Phi) is 4.74. The Morgan fingerprint density at radius 1 is 1.37 bits per heavy atom. The van der Waals surface area contributed by atoms with E-state index in [0.717, 1.165) is 38.4 Å². The van der Waals surface area contributed by atoms with Gasteiger partial charge in [-0.05, 0) is 25.5 Å². The van der Waals surface area contributed by atoms with Crippen LogP contribution in [0.25, 0.3) is 0 Å². The summed E-state index contributed by atoms with van der Waals surface area (Å²) in [5, 5.41) is 0. The molecule has 1 fully saturated rings. The average molecular weight is 262 g/mol. The van der Waals surface area contributed by atoms with Gasteiger partial charge in [0.1, 0.15) is 5.82 Å². The summed E-state index contributed by atoms with van der Waals surface area (Å²) >= 11 is 0. The fraction of sp³-hybridized carbons (Fsp3) is 0.571. The summed E-state index contributed by atoms with van der Waals surface area (Å²) in [5.74, 6) is 1.21. The molecule has 19 heavy (non-hydrogen) atoms. The van der Waals surface area contributed by atoms with Gasteiger partial charge in [-0.2, -0.15) is 0 Å². The third kappa shape index (κ3) is 3.92. The monoisotopic (exact) mass is 262 g/mol. The highest BCUT2D eigenvalue weighted by atomic mass is 16.2. The fourth-order valence-electron chi connectivity index (χ4n) is 2.24. The molecule has 2 N–H and O–H groups in total. The minimum Gasteiger partial charge on any atom is -0.353 e. The van der Waals surface area contributed by atoms with Gasteiger partial charge in [-0.3, -0.25) is 4.79 Å². The summed E-state index contributed by atoms with van der Waals surface area (Å²) in [5.41, 5.74) is 5.68. The molecule has 0 bridgehead atoms. The summed E-state index contributed by atoms with van der Waals surface area (Å²) in [6, 6.07) is 6.01. The van der Waals surface area contributed by atoms with Crippen LogP contribution in [0.15, 0.2) is 24.4 Å². The number of carbonyl (C=O) groups excluding carboxylic acids is 1. The van der Waals surface area contributed by atoms with Gasteiger partial charge in [0.15, 0.2) is 0 Å². The van der Waals surface area contributed by atoms with E-state index in [-0.39, 0.29) is 11.9 Å². The van der Waals surface area contributed by atoms with Gasteiger partial charge in [0.05, 0.1) is 0 Å². The Morgan fingerprint density at radius 2 is 2.11 bits per heavy atom. The van der Waals surface area contributed by atoms with Crippen molar-refractivity contribution in [3.05, 3.63) is 24.4 Å². The van der Waals surface area contributed by atoms with Gasteiger partial charge in [0, 0.05) is 44.8 Å². The standard InChI is InChI=1S/C14H22N4O/c1-12(15)5-6-14(19)18-10-8-17(9-11-18)13-4-2-3-7-16-13/h2-4,7,12H,5-6,8-11,15H2,1H3. The zero-order chi connectivity index (χ0) is 13.7. The maximum atomic E-state index is 12.0. The molecule has 0 radical (unpaired) electrons. The Morgan fingerprint density at radius 3 is 2.68 bits per heavy atom. The molecule has 0 saturated carbocycles. The minimum atomic E-state index is 0.0961. The van der Waals surface area contributed by atoms with Gasteiger partial charge in [-0.15, -0.1) is 0 Å². The van der Waals surface area contributed by atoms with E-state index >= 15 is 0 Å². The van der Waals surface area contributed by atoms with Gasteiger partial charge in [0.2, 0.25) is 5.91 Å². The maximum absolute atomic E-state index is 12.0. The number of rotatable bonds is 4. The van der Waals surface area contributed by atoms with E-state index in [1.807, 2.05) is 30.0 Å². The normalized spacial score (nSPS) is 17.4. The largest absolute Gasteiger partial charge is 0.353 e. The number of hydrogen-bond acceptors (Lipinski definition) is 4. The second-order valence-corrected chi connectivity index (χ2v) is 5.07. The number of carbonyl (C=O) groups is 1. The van der Waals surface area contributed by atoms with Crippen molar-refractivity contribution in [1.82, 2.24) is 9.88 Å². The molecule has 1 aromatic rings. The first-order chi connectivity index (χ1) is 9.16. The van der Waals surface area contributed by atoms with Crippen molar-refractivity contribution in [3.63, 3.8) is 0 Å². The van der Waals surface area contributed by atoms with Crippen LogP contribution >= 0.6 is 0 Å². The fourth-order valence-corrected chi connectivity index (χ4v) is 2.24. The molecule has 1 aromatic heterocycles. The number of aromatic nitrogens is 1. The molecular weight excluding hydrogens is 240 g/mol. The molecular formula is C14H22N4O. The number of piperazine rings is 1. The Bertz CT molecular complexity index is 399. The molecule has 2 heterocycles. The van der Waals surface area contributed by atoms with Crippen molar-refractivity contribution >= 4 is 11.7 Å². The van der Waals surface area contributed by atoms with Crippen LogP contribution in [-0.4, -0.2) is 48.0 Å². The zero-order valence-corrected chi connectivity index (χ0v) is 11.5. The van der Waals surface area contributed by atoms with Gasteiger partial charge < -0.3 is 15.5 Å². The first-order valence-corrected chi connectivity index (χ1v) is 6.86. The minimum absolute atomic E-state index is 0.0961. The summed E-state index contributed by atoms with van der Waals surface area (Å²) in [4.78, 5) is 20.5. The van der Waals surface area contributed by atoms with E-state index in [1.54, 1.807) is 6.20 Å². The highest BCUT2D eigenvalue weighted by molar-refractivity contribution is 5.76. The number of nitrogens with zero attached hydrogens (tertiary/aromatic N) is 3. The summed E-state index contributed by atoms with van der Waals surface area (Å²) in [6.45, 7) is 5.18. The van der Waals surface area contributed by atoms with Crippen LogP contribution in [0.3, 0.4) is 0 Å². The van der Waals surface area contributed by atoms with Crippen LogP contribution in [0.1, 0.15) is 19.8 Å². The number of pyridine rings is 1. The SMILES string of the molecule is CC(N)CCC(=O)N1CCN(c2ccccn2)CC1. The third-order valence-corrected chi connectivity index (χ3v) is 3.42. The Hall–Kier alpha value is -1.62. The molecule has 2 rings (SSSR count). The Balaban J connectivity index is 1.81. The summed E-state index contributed by atoms with van der Waals surface area (Å²) in [6.07, 6.45) is 3.12. The van der Waals surface area contributed by atoms with Crippen molar-refractivity contribution in [1.29, 1.82) is 0 Å². The summed E-state index contributed by atoms with van der Waals surface area (Å²) in [7, 11) is 0. The Labute approximate surface area is 114 Å². The molecule has 104 valence electrons. The molecule has 1 amide bonds. The zero-order valence-electron chi connectivity index (χ0n) is 11.5. The molecule has 5 nitrogen and oxygen atoms in total. The lowest BCUT2D eigenvalue weighted by Crippen LogP contribution is -2.49. The number of amides is 1. The number of hydrogen-bond donors (Lipinski definition) is 1. The molecule has 1 unspecified atom stereocenters. The molecule has 0 aliphatic carbocycles. The molecule has 1 atom stereocenters. The topological polar surface area (TPSA) is 62.5 Å². The van der Waals surface area contributed by atoms with E-state index in [2.05, 4.69) is 9.88 Å². The summed E-state index contributed by atoms with van der Waals surface area (Å²) < 4.78 is 0. The first-order valence-electron chi connectivity index (χ1n) is 6.86. The molecule has 5 heteroatoms. The van der Waals surface area contributed by atoms with Gasteiger partial charge in [-0.1, -0.05) is 6.07 Å². The van der Waals surface area contributed by atoms with Crippen LogP contribution < -0.4 is 10.6 Å². The van der Waals surface area contributed by atoms with Crippen molar-refractivity contribution in [3.8, 4) is 0 Å². The van der Waals surface area contributed by atoms with Gasteiger partial charge in [0.25, 0.3) is 0 Å². The lowest BCUT2D eigenvalue weighted by atomic mass is 10.1. The maximum Gasteiger partial charge on any atom is 0.222 e. The van der Waals surface area contributed by atoms with E-state index in [4.69, 9.17) is 5.73 Å². The molecule has 1 aliphatic heterocycles. The quantitative estimate of drug-likeness (QED) is 0.874. The first kappa shape index (κ1) is 13.8. The number of nitrogens with two attached hydrogens (primary N) is 1. The molecule has 0 spiro atoms. The van der Waals surface area contributed by atoms with Crippen molar-refractivity contribution < 1.29 is 4.79 Å². The van der Waals surface area contributed by atoms with E-state index < -0.39 is 0 Å². The molecule has 0 aromatic carbocycles. The van der Waals surface area contributed by atoms with Crippen LogP contribution in [0.5, 0.6) is 0 Å². The van der Waals surface area contributed by atoms with E-state index in [1.165, 1.54) is 0 Å². The smallest absolute Gasteiger partial charge is 0.222 e. The lowest BCUT2D eigenvalue weighted by molar-refractivity contribution is -0.131. The van der Waals surface area contributed by atoms with Crippen LogP contribution in [0.2, 0.25) is 0 Å². The predicted octanol–water partition coefficient (Wildman–Crippen LogP) is 0.858. The lowest BCUT2D eigenvalue weighted by Gasteiger charge is -2.35. The van der Waals surface area contributed by atoms with Crippen molar-refractivity contribution in [2.24, 2.45) is 5.73 Å². The van der Waals surface area contributed by atoms with E-state index in [0.29, 0.717) is 6.42 Å². The molecule has 1 aliphatic rings. The van der Waals surface area contributed by atoms with Crippen molar-refractivity contribution in [2.45, 2.75) is 25.8 Å². The number of anilines is 1. The highest BCUT2D eigenvalue weighted by Gasteiger charge is 2.21. The second-order valence-electron chi connectivity index (χ2n) is 5.07. The van der Waals surface area contributed by atoms with E-state index in [9.17, 15) is 4.79 Å².